The molecule has 0 saturated carbocycles. The quantitative estimate of drug-likeness (QED) is 0.822. The van der Waals surface area contributed by atoms with Gasteiger partial charge in [0.1, 0.15) is 0 Å². The monoisotopic (exact) mass is 326 g/mol. The number of anilines is 1. The number of nitrogens with one attached hydrogen (secondary N) is 2. The zero-order valence-corrected chi connectivity index (χ0v) is 13.9. The fourth-order valence-corrected chi connectivity index (χ4v) is 2.40. The Morgan fingerprint density at radius 2 is 1.71 bits per heavy atom. The predicted molar refractivity (Wildman–Crippen MR) is 93.7 cm³/mol. The number of methoxy groups -OCH3 is 1. The normalized spacial score (nSPS) is 11.6. The van der Waals surface area contributed by atoms with Crippen molar-refractivity contribution in [3.05, 3.63) is 65.7 Å². The summed E-state index contributed by atoms with van der Waals surface area (Å²) < 4.78 is 5.30. The molecule has 0 spiro atoms. The summed E-state index contributed by atoms with van der Waals surface area (Å²) >= 11 is 0. The third kappa shape index (κ3) is 5.21. The van der Waals surface area contributed by atoms with Crippen molar-refractivity contribution in [3.63, 3.8) is 0 Å². The van der Waals surface area contributed by atoms with Crippen molar-refractivity contribution in [1.82, 2.24) is 5.32 Å². The van der Waals surface area contributed by atoms with E-state index >= 15 is 0 Å². The molecule has 0 aliphatic carbocycles. The maximum absolute atomic E-state index is 12.3. The summed E-state index contributed by atoms with van der Waals surface area (Å²) in [6.07, 6.45) is 0.102. The van der Waals surface area contributed by atoms with Crippen molar-refractivity contribution < 1.29 is 14.3 Å². The number of rotatable bonds is 7. The molecule has 0 heterocycles. The fraction of sp³-hybridized carbons (Fsp3) is 0.263. The summed E-state index contributed by atoms with van der Waals surface area (Å²) in [6, 6.07) is 17.0. The van der Waals surface area contributed by atoms with Gasteiger partial charge in [0.05, 0.1) is 0 Å². The van der Waals surface area contributed by atoms with E-state index in [0.29, 0.717) is 13.0 Å². The van der Waals surface area contributed by atoms with Crippen LogP contribution in [0.25, 0.3) is 0 Å². The van der Waals surface area contributed by atoms with Gasteiger partial charge in [-0.25, -0.2) is 0 Å². The molecule has 0 aromatic heterocycles. The molecule has 2 aromatic rings. The third-order valence-electron chi connectivity index (χ3n) is 3.56. The van der Waals surface area contributed by atoms with Crippen LogP contribution in [0.2, 0.25) is 0 Å². The summed E-state index contributed by atoms with van der Waals surface area (Å²) in [5.74, 6) is -0.250. The number of hydrogen-bond acceptors (Lipinski definition) is 3. The second-order valence-electron chi connectivity index (χ2n) is 5.45. The Morgan fingerprint density at radius 1 is 1.04 bits per heavy atom. The van der Waals surface area contributed by atoms with Gasteiger partial charge in [-0.2, -0.15) is 0 Å². The lowest BCUT2D eigenvalue weighted by molar-refractivity contribution is -0.131. The Labute approximate surface area is 142 Å². The maximum atomic E-state index is 12.3. The lowest BCUT2D eigenvalue weighted by Crippen LogP contribution is -2.31. The van der Waals surface area contributed by atoms with Crippen molar-refractivity contribution in [1.29, 1.82) is 0 Å². The summed E-state index contributed by atoms with van der Waals surface area (Å²) in [6.45, 7) is 1.99. The largest absolute Gasteiger partial charge is 0.367 e. The number of benzene rings is 2. The number of ether oxygens (including phenoxy) is 1. The summed E-state index contributed by atoms with van der Waals surface area (Å²) in [5.41, 5.74) is 2.68. The molecular formula is C19H22N2O3. The number of carbonyl (C=O) groups excluding carboxylic acids is 2. The molecule has 126 valence electrons. The fourth-order valence-electron chi connectivity index (χ4n) is 2.40. The van der Waals surface area contributed by atoms with Crippen LogP contribution in [0.15, 0.2) is 54.6 Å². The lowest BCUT2D eigenvalue weighted by Gasteiger charge is -2.15. The van der Waals surface area contributed by atoms with Crippen molar-refractivity contribution >= 4 is 17.5 Å². The van der Waals surface area contributed by atoms with Gasteiger partial charge >= 0.3 is 0 Å². The van der Waals surface area contributed by atoms with Crippen LogP contribution in [-0.4, -0.2) is 25.5 Å². The molecule has 24 heavy (non-hydrogen) atoms. The Bertz CT molecular complexity index is 669. The summed E-state index contributed by atoms with van der Waals surface area (Å²) in [4.78, 5) is 23.2. The van der Waals surface area contributed by atoms with Gasteiger partial charge in [0.15, 0.2) is 6.10 Å². The third-order valence-corrected chi connectivity index (χ3v) is 3.56. The predicted octanol–water partition coefficient (Wildman–Crippen LogP) is 2.69. The number of amides is 2. The van der Waals surface area contributed by atoms with Crippen molar-refractivity contribution in [2.75, 3.05) is 19.0 Å². The second kappa shape index (κ2) is 8.84. The van der Waals surface area contributed by atoms with E-state index in [1.54, 1.807) is 0 Å². The number of hydrogen-bond donors (Lipinski definition) is 2. The topological polar surface area (TPSA) is 67.4 Å². The van der Waals surface area contributed by atoms with Gasteiger partial charge in [-0.05, 0) is 29.7 Å². The molecule has 2 aromatic carbocycles. The first-order valence-electron chi connectivity index (χ1n) is 7.82. The zero-order valence-electron chi connectivity index (χ0n) is 13.9. The van der Waals surface area contributed by atoms with Gasteiger partial charge < -0.3 is 15.4 Å². The SMILES string of the molecule is CO[C@H](C(=O)NCCc1ccc(NC(C)=O)cc1)c1ccccc1. The van der Waals surface area contributed by atoms with E-state index in [9.17, 15) is 9.59 Å². The Kier molecular flexibility index (Phi) is 6.51. The van der Waals surface area contributed by atoms with Gasteiger partial charge in [-0.15, -0.1) is 0 Å². The molecule has 0 unspecified atom stereocenters. The molecule has 2 N–H and O–H groups in total. The number of carbonyl (C=O) groups is 2. The van der Waals surface area contributed by atoms with E-state index in [4.69, 9.17) is 4.74 Å². The highest BCUT2D eigenvalue weighted by Gasteiger charge is 2.18. The standard InChI is InChI=1S/C19H22N2O3/c1-14(22)21-17-10-8-15(9-11-17)12-13-20-19(23)18(24-2)16-6-4-3-5-7-16/h3-11,18H,12-13H2,1-2H3,(H,20,23)(H,21,22)/t18-/m0/s1. The second-order valence-corrected chi connectivity index (χ2v) is 5.45. The van der Waals surface area contributed by atoms with Crippen LogP contribution in [0.4, 0.5) is 5.69 Å². The average molecular weight is 326 g/mol. The summed E-state index contributed by atoms with van der Waals surface area (Å²) in [5, 5.41) is 5.62. The molecule has 2 amide bonds. The first-order chi connectivity index (χ1) is 11.6. The molecule has 1 atom stereocenters. The Hall–Kier alpha value is -2.66. The van der Waals surface area contributed by atoms with Crippen LogP contribution in [-0.2, 0) is 20.7 Å². The first-order valence-corrected chi connectivity index (χ1v) is 7.82. The highest BCUT2D eigenvalue weighted by molar-refractivity contribution is 5.88. The molecule has 2 rings (SSSR count). The van der Waals surface area contributed by atoms with Crippen LogP contribution in [0.5, 0.6) is 0 Å². The minimum Gasteiger partial charge on any atom is -0.367 e. The van der Waals surface area contributed by atoms with E-state index in [1.807, 2.05) is 54.6 Å². The molecule has 0 saturated heterocycles. The van der Waals surface area contributed by atoms with Crippen LogP contribution >= 0.6 is 0 Å². The summed E-state index contributed by atoms with van der Waals surface area (Å²) in [7, 11) is 1.53. The smallest absolute Gasteiger partial charge is 0.253 e. The van der Waals surface area contributed by atoms with Gasteiger partial charge in [0.25, 0.3) is 5.91 Å². The van der Waals surface area contributed by atoms with Crippen LogP contribution < -0.4 is 10.6 Å². The highest BCUT2D eigenvalue weighted by Crippen LogP contribution is 2.16. The highest BCUT2D eigenvalue weighted by atomic mass is 16.5. The molecular weight excluding hydrogens is 304 g/mol. The van der Waals surface area contributed by atoms with E-state index in [0.717, 1.165) is 16.8 Å². The molecule has 0 aliphatic heterocycles. The van der Waals surface area contributed by atoms with Crippen LogP contribution in [0, 0.1) is 0 Å². The van der Waals surface area contributed by atoms with Gasteiger partial charge in [-0.1, -0.05) is 42.5 Å². The van der Waals surface area contributed by atoms with Gasteiger partial charge in [-0.3, -0.25) is 9.59 Å². The molecule has 0 bridgehead atoms. The molecule has 5 nitrogen and oxygen atoms in total. The molecule has 0 radical (unpaired) electrons. The van der Waals surface area contributed by atoms with E-state index in [1.165, 1.54) is 14.0 Å². The minimum atomic E-state index is -0.603. The van der Waals surface area contributed by atoms with E-state index < -0.39 is 6.10 Å². The molecule has 0 fully saturated rings. The van der Waals surface area contributed by atoms with Gasteiger partial charge in [0, 0.05) is 26.3 Å². The van der Waals surface area contributed by atoms with Gasteiger partial charge in [0.2, 0.25) is 5.91 Å². The maximum Gasteiger partial charge on any atom is 0.253 e. The average Bonchev–Trinajstić information content (AvgIpc) is 2.58. The first kappa shape index (κ1) is 17.7. The molecule has 5 heteroatoms. The minimum absolute atomic E-state index is 0.0958. The molecule has 0 aliphatic rings. The van der Waals surface area contributed by atoms with Crippen LogP contribution in [0.3, 0.4) is 0 Å². The zero-order chi connectivity index (χ0) is 17.4. The Balaban J connectivity index is 1.84. The lowest BCUT2D eigenvalue weighted by atomic mass is 10.1. The van der Waals surface area contributed by atoms with Crippen molar-refractivity contribution in [2.45, 2.75) is 19.4 Å². The Morgan fingerprint density at radius 3 is 2.29 bits per heavy atom. The van der Waals surface area contributed by atoms with Crippen LogP contribution in [0.1, 0.15) is 24.2 Å². The van der Waals surface area contributed by atoms with E-state index in [-0.39, 0.29) is 11.8 Å². The van der Waals surface area contributed by atoms with E-state index in [2.05, 4.69) is 10.6 Å². The van der Waals surface area contributed by atoms with Crippen molar-refractivity contribution in [2.24, 2.45) is 0 Å². The van der Waals surface area contributed by atoms with Crippen molar-refractivity contribution in [3.8, 4) is 0 Å².